The zero-order valence-electron chi connectivity index (χ0n) is 18.7. The fourth-order valence-electron chi connectivity index (χ4n) is 6.44. The van der Waals surface area contributed by atoms with E-state index in [1.54, 1.807) is 0 Å². The van der Waals surface area contributed by atoms with Crippen LogP contribution in [-0.4, -0.2) is 4.57 Å². The number of hydrogen-bond acceptors (Lipinski definition) is 1. The zero-order valence-corrected chi connectivity index (χ0v) is 19.6. The van der Waals surface area contributed by atoms with Crippen molar-refractivity contribution in [3.63, 3.8) is 0 Å². The van der Waals surface area contributed by atoms with Crippen LogP contribution in [0.2, 0.25) is 0 Å². The van der Waals surface area contributed by atoms with Gasteiger partial charge in [0, 0.05) is 20.6 Å². The molecule has 0 saturated carbocycles. The average Bonchev–Trinajstić information content (AvgIpc) is 3.22. The molecule has 1 nitrogen and oxygen atoms in total. The van der Waals surface area contributed by atoms with Crippen molar-refractivity contribution in [1.29, 1.82) is 0 Å². The number of nitrogens with zero attached hydrogens (tertiary/aromatic N) is 1. The molecular weight excluding hydrogens is 430 g/mol. The van der Waals surface area contributed by atoms with Gasteiger partial charge < -0.3 is 4.57 Å². The van der Waals surface area contributed by atoms with E-state index in [2.05, 4.69) is 121 Å². The van der Waals surface area contributed by atoms with Crippen molar-refractivity contribution in [1.82, 2.24) is 4.57 Å². The van der Waals surface area contributed by atoms with Gasteiger partial charge in [-0.3, -0.25) is 0 Å². The maximum atomic E-state index is 2.50. The first-order chi connectivity index (χ1) is 16.8. The minimum atomic E-state index is -0.356. The second-order valence-corrected chi connectivity index (χ2v) is 10.5. The molecule has 3 heterocycles. The molecule has 2 aliphatic rings. The molecule has 2 aliphatic heterocycles. The normalized spacial score (nSPS) is 17.6. The standard InChI is InChI=1S/C32H21NS/c1-20-17-18-25-30(19-20)34-29-16-7-4-12-24(29)32(25)23-11-3-6-15-28(23)33-27-14-5-2-9-21(27)22-10-8-13-26(32)31(22)33/h2-19H,1H3. The summed E-state index contributed by atoms with van der Waals surface area (Å²) >= 11 is 1.91. The SMILES string of the molecule is Cc1ccc2c(c1)Sc1ccccc1C21c2ccccc2-n2c3ccccc3c3cccc1c32. The molecule has 2 heteroatoms. The number of benzene rings is 5. The van der Waals surface area contributed by atoms with Crippen LogP contribution in [-0.2, 0) is 5.41 Å². The summed E-state index contributed by atoms with van der Waals surface area (Å²) in [7, 11) is 0. The van der Waals surface area contributed by atoms with E-state index in [-0.39, 0.29) is 5.41 Å². The Kier molecular flexibility index (Phi) is 3.53. The molecule has 0 N–H and O–H groups in total. The first-order valence-electron chi connectivity index (χ1n) is 11.8. The number of aromatic nitrogens is 1. The summed E-state index contributed by atoms with van der Waals surface area (Å²) in [6.07, 6.45) is 0. The second-order valence-electron chi connectivity index (χ2n) is 9.42. The molecule has 0 amide bonds. The molecule has 0 aliphatic carbocycles. The number of para-hydroxylation sites is 3. The fourth-order valence-corrected chi connectivity index (χ4v) is 7.73. The molecule has 160 valence electrons. The zero-order chi connectivity index (χ0) is 22.4. The van der Waals surface area contributed by atoms with Crippen molar-refractivity contribution in [2.75, 3.05) is 0 Å². The van der Waals surface area contributed by atoms with Crippen LogP contribution in [0.5, 0.6) is 0 Å². The van der Waals surface area contributed by atoms with Gasteiger partial charge in [-0.1, -0.05) is 96.7 Å². The van der Waals surface area contributed by atoms with Crippen LogP contribution in [0.25, 0.3) is 27.5 Å². The van der Waals surface area contributed by atoms with Crippen molar-refractivity contribution in [3.05, 3.63) is 137 Å². The number of aryl methyl sites for hydroxylation is 1. The molecule has 1 atom stereocenters. The van der Waals surface area contributed by atoms with E-state index in [0.717, 1.165) is 0 Å². The molecule has 0 bridgehead atoms. The molecule has 34 heavy (non-hydrogen) atoms. The number of fused-ring (bicyclic) bond motifs is 11. The van der Waals surface area contributed by atoms with Crippen LogP contribution >= 0.6 is 11.8 Å². The Labute approximate surface area is 202 Å². The third kappa shape index (κ3) is 2.09. The van der Waals surface area contributed by atoms with E-state index in [1.807, 2.05) is 11.8 Å². The third-order valence-electron chi connectivity index (χ3n) is 7.70. The molecule has 1 aromatic heterocycles. The van der Waals surface area contributed by atoms with Crippen LogP contribution in [0.3, 0.4) is 0 Å². The van der Waals surface area contributed by atoms with Crippen LogP contribution in [0.4, 0.5) is 0 Å². The van der Waals surface area contributed by atoms with Crippen molar-refractivity contribution in [3.8, 4) is 5.69 Å². The number of hydrogen-bond donors (Lipinski definition) is 0. The van der Waals surface area contributed by atoms with Gasteiger partial charge in [0.15, 0.2) is 0 Å². The average molecular weight is 452 g/mol. The van der Waals surface area contributed by atoms with Crippen LogP contribution < -0.4 is 0 Å². The summed E-state index contributed by atoms with van der Waals surface area (Å²) in [5, 5.41) is 2.64. The smallest absolute Gasteiger partial charge is 0.0764 e. The Morgan fingerprint density at radius 2 is 1.29 bits per heavy atom. The van der Waals surface area contributed by atoms with Gasteiger partial charge in [0.05, 0.1) is 22.1 Å². The Balaban J connectivity index is 1.68. The van der Waals surface area contributed by atoms with E-state index in [0.29, 0.717) is 0 Å². The van der Waals surface area contributed by atoms with E-state index in [1.165, 1.54) is 65.1 Å². The van der Waals surface area contributed by atoms with E-state index >= 15 is 0 Å². The molecular formula is C32H21NS. The summed E-state index contributed by atoms with van der Waals surface area (Å²) in [5.41, 5.74) is 10.3. The molecule has 0 radical (unpaired) electrons. The van der Waals surface area contributed by atoms with Gasteiger partial charge >= 0.3 is 0 Å². The second kappa shape index (κ2) is 6.43. The molecule has 0 fully saturated rings. The van der Waals surface area contributed by atoms with Crippen molar-refractivity contribution in [2.24, 2.45) is 0 Å². The predicted molar refractivity (Wildman–Crippen MR) is 142 cm³/mol. The lowest BCUT2D eigenvalue weighted by molar-refractivity contribution is 0.689. The quantitative estimate of drug-likeness (QED) is 0.225. The monoisotopic (exact) mass is 451 g/mol. The number of rotatable bonds is 0. The molecule has 5 aromatic carbocycles. The Morgan fingerprint density at radius 3 is 2.24 bits per heavy atom. The minimum Gasteiger partial charge on any atom is -0.309 e. The topological polar surface area (TPSA) is 4.93 Å². The Hall–Kier alpha value is -3.75. The summed E-state index contributed by atoms with van der Waals surface area (Å²) in [4.78, 5) is 2.70. The van der Waals surface area contributed by atoms with Gasteiger partial charge in [0.2, 0.25) is 0 Å². The van der Waals surface area contributed by atoms with Crippen molar-refractivity contribution >= 4 is 33.6 Å². The van der Waals surface area contributed by atoms with Gasteiger partial charge in [-0.25, -0.2) is 0 Å². The molecule has 1 spiro atoms. The lowest BCUT2D eigenvalue weighted by Gasteiger charge is -2.45. The highest BCUT2D eigenvalue weighted by Crippen LogP contribution is 2.60. The van der Waals surface area contributed by atoms with Crippen LogP contribution in [0.15, 0.2) is 119 Å². The van der Waals surface area contributed by atoms with Gasteiger partial charge in [0.1, 0.15) is 0 Å². The lowest BCUT2D eigenvalue weighted by Crippen LogP contribution is -2.37. The molecule has 6 aromatic rings. The lowest BCUT2D eigenvalue weighted by atomic mass is 9.62. The Morgan fingerprint density at radius 1 is 0.588 bits per heavy atom. The summed E-state index contributed by atoms with van der Waals surface area (Å²) in [6, 6.07) is 40.8. The summed E-state index contributed by atoms with van der Waals surface area (Å²) in [6.45, 7) is 2.20. The maximum absolute atomic E-state index is 2.50. The van der Waals surface area contributed by atoms with E-state index < -0.39 is 0 Å². The van der Waals surface area contributed by atoms with Crippen molar-refractivity contribution in [2.45, 2.75) is 22.1 Å². The highest BCUT2D eigenvalue weighted by atomic mass is 32.2. The molecule has 8 rings (SSSR count). The Bertz CT molecular complexity index is 1810. The van der Waals surface area contributed by atoms with Gasteiger partial charge in [0.25, 0.3) is 0 Å². The van der Waals surface area contributed by atoms with Gasteiger partial charge in [-0.15, -0.1) is 0 Å². The van der Waals surface area contributed by atoms with Crippen LogP contribution in [0.1, 0.15) is 27.8 Å². The van der Waals surface area contributed by atoms with Crippen molar-refractivity contribution < 1.29 is 0 Å². The largest absolute Gasteiger partial charge is 0.309 e. The third-order valence-corrected chi connectivity index (χ3v) is 8.83. The molecule has 0 saturated heterocycles. The molecule has 1 unspecified atom stereocenters. The predicted octanol–water partition coefficient (Wildman–Crippen LogP) is 8.25. The highest BCUT2D eigenvalue weighted by molar-refractivity contribution is 7.99. The minimum absolute atomic E-state index is 0.356. The van der Waals surface area contributed by atoms with E-state index in [9.17, 15) is 0 Å². The maximum Gasteiger partial charge on any atom is 0.0764 e. The van der Waals surface area contributed by atoms with Crippen LogP contribution in [0, 0.1) is 6.92 Å². The summed E-state index contributed by atoms with van der Waals surface area (Å²) < 4.78 is 2.50. The highest BCUT2D eigenvalue weighted by Gasteiger charge is 2.49. The fraction of sp³-hybridized carbons (Fsp3) is 0.0625. The van der Waals surface area contributed by atoms with E-state index in [4.69, 9.17) is 0 Å². The van der Waals surface area contributed by atoms with Gasteiger partial charge in [-0.2, -0.15) is 0 Å². The first kappa shape index (κ1) is 18.7. The summed E-state index contributed by atoms with van der Waals surface area (Å²) in [5.74, 6) is 0. The first-order valence-corrected chi connectivity index (χ1v) is 12.6. The van der Waals surface area contributed by atoms with Gasteiger partial charge in [-0.05, 0) is 59.0 Å².